The molecule has 1 unspecified atom stereocenters. The topological polar surface area (TPSA) is 83.0 Å². The van der Waals surface area contributed by atoms with Crippen LogP contribution in [0.4, 0.5) is 0 Å². The average Bonchev–Trinajstić information content (AvgIpc) is 2.62. The summed E-state index contributed by atoms with van der Waals surface area (Å²) in [4.78, 5) is 15.5. The van der Waals surface area contributed by atoms with Crippen LogP contribution in [0.5, 0.6) is 0 Å². The zero-order chi connectivity index (χ0) is 18.5. The average molecular weight is 477 g/mol. The van der Waals surface area contributed by atoms with Gasteiger partial charge in [0, 0.05) is 19.5 Å². The highest BCUT2D eigenvalue weighted by Gasteiger charge is 2.22. The largest absolute Gasteiger partial charge is 0.469 e. The van der Waals surface area contributed by atoms with Crippen molar-refractivity contribution in [2.75, 3.05) is 26.7 Å². The van der Waals surface area contributed by atoms with Crippen molar-refractivity contribution in [1.82, 2.24) is 10.6 Å². The first kappa shape index (κ1) is 24.7. The summed E-state index contributed by atoms with van der Waals surface area (Å²) in [5, 5.41) is 17.1. The molecule has 1 aromatic carbocycles. The van der Waals surface area contributed by atoms with Gasteiger partial charge in [0.05, 0.1) is 13.7 Å². The van der Waals surface area contributed by atoms with E-state index >= 15 is 0 Å². The van der Waals surface area contributed by atoms with E-state index in [9.17, 15) is 9.90 Å². The molecule has 26 heavy (non-hydrogen) atoms. The van der Waals surface area contributed by atoms with Crippen LogP contribution in [-0.2, 0) is 15.1 Å². The number of aliphatic imine (C=N–C) groups is 1. The Kier molecular flexibility index (Phi) is 13.1. The van der Waals surface area contributed by atoms with E-state index in [1.54, 1.807) is 6.92 Å². The number of nitrogens with one attached hydrogen (secondary N) is 2. The molecule has 1 atom stereocenters. The van der Waals surface area contributed by atoms with Crippen molar-refractivity contribution < 1.29 is 14.6 Å². The number of unbranched alkanes of at least 4 members (excludes halogenated alkanes) is 2. The predicted octanol–water partition coefficient (Wildman–Crippen LogP) is 2.80. The zero-order valence-electron chi connectivity index (χ0n) is 16.0. The Labute approximate surface area is 173 Å². The monoisotopic (exact) mass is 477 g/mol. The van der Waals surface area contributed by atoms with Crippen molar-refractivity contribution in [3.05, 3.63) is 35.9 Å². The van der Waals surface area contributed by atoms with Gasteiger partial charge in [0.15, 0.2) is 5.96 Å². The number of esters is 1. The lowest BCUT2D eigenvalue weighted by molar-refractivity contribution is -0.140. The summed E-state index contributed by atoms with van der Waals surface area (Å²) in [7, 11) is 1.41. The molecule has 3 N–H and O–H groups in total. The molecule has 0 aliphatic rings. The summed E-state index contributed by atoms with van der Waals surface area (Å²) in [5.41, 5.74) is -0.165. The number of hydrogen-bond donors (Lipinski definition) is 3. The SMILES string of the molecule is CCNC(=NCC(C)(O)c1ccccc1)NCCCCCC(=O)OC.I. The fraction of sp³-hybridized carbons (Fsp3) is 0.579. The number of carbonyl (C=O) groups excluding carboxylic acids is 1. The Morgan fingerprint density at radius 3 is 2.50 bits per heavy atom. The maximum Gasteiger partial charge on any atom is 0.305 e. The molecule has 0 fully saturated rings. The van der Waals surface area contributed by atoms with Gasteiger partial charge in [-0.3, -0.25) is 4.79 Å². The van der Waals surface area contributed by atoms with E-state index < -0.39 is 5.60 Å². The fourth-order valence-corrected chi connectivity index (χ4v) is 2.34. The molecular formula is C19H32IN3O3. The molecule has 0 aliphatic heterocycles. The molecule has 0 bridgehead atoms. The van der Waals surface area contributed by atoms with E-state index in [2.05, 4.69) is 20.4 Å². The first-order valence-corrected chi connectivity index (χ1v) is 8.86. The van der Waals surface area contributed by atoms with Gasteiger partial charge < -0.3 is 20.5 Å². The summed E-state index contributed by atoms with van der Waals surface area (Å²) in [6.07, 6.45) is 3.18. The third-order valence-corrected chi connectivity index (χ3v) is 3.86. The van der Waals surface area contributed by atoms with Gasteiger partial charge in [-0.05, 0) is 32.3 Å². The van der Waals surface area contributed by atoms with Crippen LogP contribution < -0.4 is 10.6 Å². The molecule has 1 aromatic rings. The van der Waals surface area contributed by atoms with Gasteiger partial charge in [0.2, 0.25) is 0 Å². The Balaban J connectivity index is 0.00000625. The zero-order valence-corrected chi connectivity index (χ0v) is 18.3. The summed E-state index contributed by atoms with van der Waals surface area (Å²) >= 11 is 0. The minimum Gasteiger partial charge on any atom is -0.469 e. The van der Waals surface area contributed by atoms with E-state index in [4.69, 9.17) is 0 Å². The number of nitrogens with zero attached hydrogens (tertiary/aromatic N) is 1. The van der Waals surface area contributed by atoms with Gasteiger partial charge in [-0.25, -0.2) is 4.99 Å². The highest BCUT2D eigenvalue weighted by atomic mass is 127. The van der Waals surface area contributed by atoms with E-state index in [1.807, 2.05) is 37.3 Å². The Hall–Kier alpha value is -1.35. The smallest absolute Gasteiger partial charge is 0.305 e. The van der Waals surface area contributed by atoms with Crippen LogP contribution in [0.2, 0.25) is 0 Å². The molecule has 0 aliphatic carbocycles. The quantitative estimate of drug-likeness (QED) is 0.159. The molecule has 0 aromatic heterocycles. The van der Waals surface area contributed by atoms with Crippen LogP contribution in [0.3, 0.4) is 0 Å². The van der Waals surface area contributed by atoms with E-state index in [0.29, 0.717) is 12.4 Å². The Bertz CT molecular complexity index is 536. The minimum atomic E-state index is -1.01. The molecule has 0 amide bonds. The van der Waals surface area contributed by atoms with Crippen molar-refractivity contribution in [2.45, 2.75) is 45.1 Å². The normalized spacial score (nSPS) is 13.3. The second kappa shape index (κ2) is 13.8. The molecule has 0 spiro atoms. The molecule has 148 valence electrons. The van der Waals surface area contributed by atoms with Crippen molar-refractivity contribution in [3.8, 4) is 0 Å². The molecule has 0 saturated carbocycles. The molecule has 0 heterocycles. The molecule has 0 saturated heterocycles. The predicted molar refractivity (Wildman–Crippen MR) is 116 cm³/mol. The van der Waals surface area contributed by atoms with E-state index in [-0.39, 0.29) is 36.5 Å². The van der Waals surface area contributed by atoms with Crippen LogP contribution in [0, 0.1) is 0 Å². The number of rotatable bonds is 10. The van der Waals surface area contributed by atoms with Crippen molar-refractivity contribution in [1.29, 1.82) is 0 Å². The summed E-state index contributed by atoms with van der Waals surface area (Å²) in [6, 6.07) is 9.54. The first-order chi connectivity index (χ1) is 12.0. The van der Waals surface area contributed by atoms with Crippen LogP contribution in [0.1, 0.15) is 45.1 Å². The van der Waals surface area contributed by atoms with Gasteiger partial charge in [0.25, 0.3) is 0 Å². The van der Waals surface area contributed by atoms with Gasteiger partial charge >= 0.3 is 5.97 Å². The van der Waals surface area contributed by atoms with Crippen molar-refractivity contribution in [2.24, 2.45) is 4.99 Å². The molecule has 7 heteroatoms. The molecule has 1 rings (SSSR count). The number of halogens is 1. The number of hydrogen-bond acceptors (Lipinski definition) is 4. The van der Waals surface area contributed by atoms with Gasteiger partial charge in [-0.2, -0.15) is 0 Å². The number of carbonyl (C=O) groups is 1. The standard InChI is InChI=1S/C19H31N3O3.HI/c1-4-20-18(21-14-10-6-9-13-17(23)25-3)22-15-19(2,24)16-11-7-5-8-12-16;/h5,7-8,11-12,24H,4,6,9-10,13-15H2,1-3H3,(H2,20,21,22);1H. The van der Waals surface area contributed by atoms with Crippen LogP contribution in [0.25, 0.3) is 0 Å². The second-order valence-corrected chi connectivity index (χ2v) is 6.15. The third-order valence-electron chi connectivity index (χ3n) is 3.86. The van der Waals surface area contributed by atoms with Gasteiger partial charge in [-0.15, -0.1) is 24.0 Å². The van der Waals surface area contributed by atoms with Crippen molar-refractivity contribution >= 4 is 35.9 Å². The maximum absolute atomic E-state index is 11.0. The highest BCUT2D eigenvalue weighted by molar-refractivity contribution is 14.0. The lowest BCUT2D eigenvalue weighted by Crippen LogP contribution is -2.39. The Morgan fingerprint density at radius 2 is 1.88 bits per heavy atom. The number of ether oxygens (including phenoxy) is 1. The number of methoxy groups -OCH3 is 1. The Morgan fingerprint density at radius 1 is 1.19 bits per heavy atom. The molecule has 6 nitrogen and oxygen atoms in total. The fourth-order valence-electron chi connectivity index (χ4n) is 2.34. The van der Waals surface area contributed by atoms with E-state index in [1.165, 1.54) is 7.11 Å². The summed E-state index contributed by atoms with van der Waals surface area (Å²) in [6.45, 7) is 5.56. The summed E-state index contributed by atoms with van der Waals surface area (Å²) in [5.74, 6) is 0.526. The molecular weight excluding hydrogens is 445 g/mol. The second-order valence-electron chi connectivity index (χ2n) is 6.15. The summed E-state index contributed by atoms with van der Waals surface area (Å²) < 4.78 is 4.62. The van der Waals surface area contributed by atoms with Gasteiger partial charge in [0.1, 0.15) is 5.60 Å². The van der Waals surface area contributed by atoms with Crippen LogP contribution in [-0.4, -0.2) is 43.8 Å². The number of aliphatic hydroxyl groups is 1. The van der Waals surface area contributed by atoms with Crippen molar-refractivity contribution in [3.63, 3.8) is 0 Å². The molecule has 0 radical (unpaired) electrons. The highest BCUT2D eigenvalue weighted by Crippen LogP contribution is 2.20. The number of guanidine groups is 1. The number of benzene rings is 1. The van der Waals surface area contributed by atoms with Crippen LogP contribution in [0.15, 0.2) is 35.3 Å². The lowest BCUT2D eigenvalue weighted by Gasteiger charge is -2.22. The van der Waals surface area contributed by atoms with E-state index in [0.717, 1.165) is 37.9 Å². The third kappa shape index (κ3) is 9.96. The minimum absolute atomic E-state index is 0. The lowest BCUT2D eigenvalue weighted by atomic mass is 9.96. The first-order valence-electron chi connectivity index (χ1n) is 8.86. The van der Waals surface area contributed by atoms with Gasteiger partial charge in [-0.1, -0.05) is 36.8 Å². The maximum atomic E-state index is 11.0. The van der Waals surface area contributed by atoms with Crippen LogP contribution >= 0.6 is 24.0 Å².